The number of hydrogen-bond donors (Lipinski definition) is 2. The number of halogens is 2. The Morgan fingerprint density at radius 3 is 2.29 bits per heavy atom. The van der Waals surface area contributed by atoms with Crippen LogP contribution in [0.15, 0.2) is 83.0 Å². The quantitative estimate of drug-likeness (QED) is 0.241. The summed E-state index contributed by atoms with van der Waals surface area (Å²) in [7, 11) is 0. The van der Waals surface area contributed by atoms with Crippen LogP contribution >= 0.6 is 27.5 Å². The molecule has 0 saturated heterocycles. The summed E-state index contributed by atoms with van der Waals surface area (Å²) in [6.45, 7) is 0. The molecule has 140 valence electrons. The van der Waals surface area contributed by atoms with E-state index in [9.17, 15) is 9.59 Å². The van der Waals surface area contributed by atoms with E-state index in [-0.39, 0.29) is 10.7 Å². The second-order valence-electron chi connectivity index (χ2n) is 5.70. The monoisotopic (exact) mass is 455 g/mol. The van der Waals surface area contributed by atoms with Crippen LogP contribution in [0.5, 0.6) is 0 Å². The third-order valence-electron chi connectivity index (χ3n) is 3.73. The van der Waals surface area contributed by atoms with E-state index in [0.29, 0.717) is 21.4 Å². The Balaban J connectivity index is 1.94. The van der Waals surface area contributed by atoms with Crippen molar-refractivity contribution in [1.29, 1.82) is 0 Å². The Bertz CT molecular complexity index is 1040. The molecule has 0 fully saturated rings. The summed E-state index contributed by atoms with van der Waals surface area (Å²) in [5.41, 5.74) is 1.48. The van der Waals surface area contributed by atoms with E-state index in [1.54, 1.807) is 54.6 Å². The molecule has 7 heteroatoms. The van der Waals surface area contributed by atoms with Gasteiger partial charge in [-0.2, -0.15) is 0 Å². The average molecular weight is 457 g/mol. The van der Waals surface area contributed by atoms with E-state index < -0.39 is 11.8 Å². The first-order valence-electron chi connectivity index (χ1n) is 8.29. The van der Waals surface area contributed by atoms with E-state index in [2.05, 4.69) is 31.5 Å². The average Bonchev–Trinajstić information content (AvgIpc) is 2.69. The fourth-order valence-corrected chi connectivity index (χ4v) is 2.93. The molecule has 3 rings (SSSR count). The first-order chi connectivity index (χ1) is 13.5. The Kier molecular flexibility index (Phi) is 6.57. The molecular weight excluding hydrogens is 442 g/mol. The molecule has 0 bridgehead atoms. The Hall–Kier alpha value is -2.96. The van der Waals surface area contributed by atoms with Crippen LogP contribution in [0.1, 0.15) is 5.56 Å². The van der Waals surface area contributed by atoms with Crippen molar-refractivity contribution in [3.8, 4) is 0 Å². The maximum absolute atomic E-state index is 12.9. The maximum atomic E-state index is 12.9. The van der Waals surface area contributed by atoms with Crippen molar-refractivity contribution >= 4 is 56.8 Å². The molecule has 1 heterocycles. The third-order valence-corrected chi connectivity index (χ3v) is 4.74. The number of hydrogen-bond acceptors (Lipinski definition) is 3. The molecule has 0 aliphatic rings. The number of benzene rings is 2. The zero-order chi connectivity index (χ0) is 19.9. The molecular formula is C21H15BrClN3O2. The maximum Gasteiger partial charge on any atom is 0.261 e. The third kappa shape index (κ3) is 5.06. The highest BCUT2D eigenvalue weighted by atomic mass is 79.9. The summed E-state index contributed by atoms with van der Waals surface area (Å²) in [5.74, 6) is -1.13. The van der Waals surface area contributed by atoms with Crippen molar-refractivity contribution in [2.24, 2.45) is 0 Å². The smallest absolute Gasteiger partial charge is 0.261 e. The van der Waals surface area contributed by atoms with Gasteiger partial charge in [-0.05, 0) is 52.3 Å². The Morgan fingerprint density at radius 1 is 0.893 bits per heavy atom. The van der Waals surface area contributed by atoms with Crippen molar-refractivity contribution in [3.63, 3.8) is 0 Å². The Morgan fingerprint density at radius 2 is 1.57 bits per heavy atom. The van der Waals surface area contributed by atoms with Gasteiger partial charge in [0, 0.05) is 21.9 Å². The van der Waals surface area contributed by atoms with Crippen LogP contribution in [0.3, 0.4) is 0 Å². The number of pyridine rings is 1. The van der Waals surface area contributed by atoms with Gasteiger partial charge >= 0.3 is 0 Å². The number of nitrogens with one attached hydrogen (secondary N) is 2. The molecule has 2 aromatic carbocycles. The van der Waals surface area contributed by atoms with Crippen LogP contribution in [-0.4, -0.2) is 16.8 Å². The lowest BCUT2D eigenvalue weighted by Crippen LogP contribution is -2.25. The van der Waals surface area contributed by atoms with E-state index in [4.69, 9.17) is 11.6 Å². The number of carbonyl (C=O) groups is 2. The summed E-state index contributed by atoms with van der Waals surface area (Å²) >= 11 is 9.47. The fourth-order valence-electron chi connectivity index (χ4n) is 2.37. The molecule has 3 aromatic rings. The molecule has 28 heavy (non-hydrogen) atoms. The Labute approximate surface area is 175 Å². The standard InChI is InChI=1S/C21H15BrClN3O2/c22-17-10-4-5-11-18(17)26-21(28)16(13-14-7-6-12-24-19(14)23)20(27)25-15-8-2-1-3-9-15/h1-13H,(H,25,27)(H,26,28). The highest BCUT2D eigenvalue weighted by Crippen LogP contribution is 2.23. The van der Waals surface area contributed by atoms with Crippen molar-refractivity contribution in [1.82, 2.24) is 4.98 Å². The summed E-state index contributed by atoms with van der Waals surface area (Å²) < 4.78 is 0.700. The van der Waals surface area contributed by atoms with Gasteiger partial charge in [0.2, 0.25) is 0 Å². The van der Waals surface area contributed by atoms with E-state index in [1.165, 1.54) is 12.3 Å². The molecule has 0 radical (unpaired) electrons. The molecule has 0 aliphatic carbocycles. The number of carbonyl (C=O) groups excluding carboxylic acids is 2. The van der Waals surface area contributed by atoms with Crippen LogP contribution in [0.4, 0.5) is 11.4 Å². The SMILES string of the molecule is O=C(Nc1ccccc1)C(=Cc1cccnc1Cl)C(=O)Nc1ccccc1Br. The zero-order valence-corrected chi connectivity index (χ0v) is 16.9. The summed E-state index contributed by atoms with van der Waals surface area (Å²) in [5, 5.41) is 5.65. The number of anilines is 2. The van der Waals surface area contributed by atoms with Crippen molar-refractivity contribution in [3.05, 3.63) is 93.7 Å². The molecule has 5 nitrogen and oxygen atoms in total. The highest BCUT2D eigenvalue weighted by molar-refractivity contribution is 9.10. The van der Waals surface area contributed by atoms with Gasteiger partial charge in [-0.3, -0.25) is 9.59 Å². The van der Waals surface area contributed by atoms with Gasteiger partial charge in [0.25, 0.3) is 11.8 Å². The number of para-hydroxylation sites is 2. The van der Waals surface area contributed by atoms with Crippen LogP contribution in [0.25, 0.3) is 6.08 Å². The minimum absolute atomic E-state index is 0.102. The van der Waals surface area contributed by atoms with Crippen LogP contribution in [0, 0.1) is 0 Å². The molecule has 0 aliphatic heterocycles. The summed E-state index contributed by atoms with van der Waals surface area (Å²) in [6.07, 6.45) is 2.95. The molecule has 1 aromatic heterocycles. The molecule has 2 N–H and O–H groups in total. The second kappa shape index (κ2) is 9.30. The minimum atomic E-state index is -0.569. The molecule has 2 amide bonds. The number of nitrogens with zero attached hydrogens (tertiary/aromatic N) is 1. The fraction of sp³-hybridized carbons (Fsp3) is 0. The van der Waals surface area contributed by atoms with E-state index in [0.717, 1.165) is 0 Å². The number of rotatable bonds is 5. The molecule has 0 atom stereocenters. The minimum Gasteiger partial charge on any atom is -0.322 e. The van der Waals surface area contributed by atoms with Crippen LogP contribution < -0.4 is 10.6 Å². The van der Waals surface area contributed by atoms with Gasteiger partial charge < -0.3 is 10.6 Å². The van der Waals surface area contributed by atoms with Gasteiger partial charge in [0.05, 0.1) is 5.69 Å². The van der Waals surface area contributed by atoms with Crippen molar-refractivity contribution in [2.75, 3.05) is 10.6 Å². The van der Waals surface area contributed by atoms with Gasteiger partial charge in [-0.25, -0.2) is 4.98 Å². The van der Waals surface area contributed by atoms with Gasteiger partial charge in [0.15, 0.2) is 0 Å². The lowest BCUT2D eigenvalue weighted by atomic mass is 10.1. The topological polar surface area (TPSA) is 71.1 Å². The predicted molar refractivity (Wildman–Crippen MR) is 115 cm³/mol. The molecule has 0 saturated carbocycles. The molecule has 0 unspecified atom stereocenters. The zero-order valence-electron chi connectivity index (χ0n) is 14.5. The van der Waals surface area contributed by atoms with Gasteiger partial charge in [0.1, 0.15) is 10.7 Å². The lowest BCUT2D eigenvalue weighted by molar-refractivity contribution is -0.118. The second-order valence-corrected chi connectivity index (χ2v) is 6.91. The first kappa shape index (κ1) is 19.8. The summed E-state index contributed by atoms with van der Waals surface area (Å²) in [6, 6.07) is 19.4. The van der Waals surface area contributed by atoms with Gasteiger partial charge in [-0.1, -0.05) is 48.0 Å². The van der Waals surface area contributed by atoms with E-state index >= 15 is 0 Å². The van der Waals surface area contributed by atoms with Crippen LogP contribution in [0.2, 0.25) is 5.15 Å². The van der Waals surface area contributed by atoms with Gasteiger partial charge in [-0.15, -0.1) is 0 Å². The number of amides is 2. The predicted octanol–water partition coefficient (Wildman–Crippen LogP) is 5.16. The number of aromatic nitrogens is 1. The largest absolute Gasteiger partial charge is 0.322 e. The van der Waals surface area contributed by atoms with Crippen LogP contribution in [-0.2, 0) is 9.59 Å². The highest BCUT2D eigenvalue weighted by Gasteiger charge is 2.20. The lowest BCUT2D eigenvalue weighted by Gasteiger charge is -2.11. The van der Waals surface area contributed by atoms with Crippen molar-refractivity contribution < 1.29 is 9.59 Å². The normalized spacial score (nSPS) is 11.0. The first-order valence-corrected chi connectivity index (χ1v) is 9.46. The van der Waals surface area contributed by atoms with E-state index in [1.807, 2.05) is 12.1 Å². The van der Waals surface area contributed by atoms with Crippen molar-refractivity contribution in [2.45, 2.75) is 0 Å². The molecule has 0 spiro atoms. The summed E-state index contributed by atoms with van der Waals surface area (Å²) in [4.78, 5) is 29.7.